The quantitative estimate of drug-likeness (QED) is 0.0564. The van der Waals surface area contributed by atoms with Gasteiger partial charge in [-0.3, -0.25) is 24.2 Å². The van der Waals surface area contributed by atoms with Crippen molar-refractivity contribution >= 4 is 35.6 Å². The zero-order chi connectivity index (χ0) is 31.1. The third kappa shape index (κ3) is 13.0. The lowest BCUT2D eigenvalue weighted by atomic mass is 9.96. The zero-order valence-electron chi connectivity index (χ0n) is 23.2. The van der Waals surface area contributed by atoms with E-state index in [1.807, 2.05) is 0 Å². The maximum Gasteiger partial charge on any atom is 0.326 e. The van der Waals surface area contributed by atoms with E-state index in [1.54, 1.807) is 26.0 Å². The lowest BCUT2D eigenvalue weighted by molar-refractivity contribution is -0.142. The second-order valence-electron chi connectivity index (χ2n) is 9.69. The van der Waals surface area contributed by atoms with Crippen LogP contribution in [0.15, 0.2) is 29.3 Å². The molecule has 0 aliphatic heterocycles. The normalized spacial score (nSPS) is 14.4. The highest BCUT2D eigenvalue weighted by Gasteiger charge is 2.32. The number of aromatic hydroxyl groups is 1. The van der Waals surface area contributed by atoms with Gasteiger partial charge >= 0.3 is 11.9 Å². The molecule has 41 heavy (non-hydrogen) atoms. The summed E-state index contributed by atoms with van der Waals surface area (Å²) in [6, 6.07) is 1.05. The number of nitrogens with zero attached hydrogens (tertiary/aromatic N) is 1. The second-order valence-corrected chi connectivity index (χ2v) is 9.69. The Bertz CT molecular complexity index is 1080. The van der Waals surface area contributed by atoms with Crippen LogP contribution in [0.5, 0.6) is 5.75 Å². The fourth-order valence-electron chi connectivity index (χ4n) is 3.74. The van der Waals surface area contributed by atoms with Crippen molar-refractivity contribution in [2.24, 2.45) is 28.1 Å². The van der Waals surface area contributed by atoms with Gasteiger partial charge in [0.15, 0.2) is 5.96 Å². The molecule has 15 nitrogen and oxygen atoms in total. The summed E-state index contributed by atoms with van der Waals surface area (Å²) in [5.41, 5.74) is 16.9. The maximum atomic E-state index is 13.4. The van der Waals surface area contributed by atoms with Gasteiger partial charge in [0.1, 0.15) is 23.9 Å². The van der Waals surface area contributed by atoms with Crippen LogP contribution in [-0.4, -0.2) is 81.7 Å². The number of nitrogens with two attached hydrogens (primary N) is 3. The predicted octanol–water partition coefficient (Wildman–Crippen LogP) is -1.23. The molecule has 0 heterocycles. The highest BCUT2D eigenvalue weighted by Crippen LogP contribution is 2.14. The number of carbonyl (C=O) groups excluding carboxylic acids is 3. The summed E-state index contributed by atoms with van der Waals surface area (Å²) in [7, 11) is 0. The summed E-state index contributed by atoms with van der Waals surface area (Å²) in [4.78, 5) is 65.7. The third-order valence-electron chi connectivity index (χ3n) is 6.37. The molecule has 12 N–H and O–H groups in total. The van der Waals surface area contributed by atoms with Gasteiger partial charge in [-0.1, -0.05) is 32.4 Å². The van der Waals surface area contributed by atoms with Crippen LogP contribution in [0.3, 0.4) is 0 Å². The number of hydrogen-bond donors (Lipinski definition) is 9. The molecule has 0 bridgehead atoms. The van der Waals surface area contributed by atoms with E-state index in [4.69, 9.17) is 22.3 Å². The Hall–Kier alpha value is -4.40. The summed E-state index contributed by atoms with van der Waals surface area (Å²) >= 11 is 0. The average Bonchev–Trinajstić information content (AvgIpc) is 2.91. The first-order valence-electron chi connectivity index (χ1n) is 13.2. The molecule has 0 aliphatic carbocycles. The molecular formula is C26H41N7O8. The zero-order valence-corrected chi connectivity index (χ0v) is 23.2. The number of carbonyl (C=O) groups is 5. The topological polar surface area (TPSA) is 273 Å². The van der Waals surface area contributed by atoms with Crippen LogP contribution in [0.4, 0.5) is 0 Å². The van der Waals surface area contributed by atoms with E-state index in [1.165, 1.54) is 12.1 Å². The smallest absolute Gasteiger partial charge is 0.326 e. The van der Waals surface area contributed by atoms with Crippen molar-refractivity contribution in [3.63, 3.8) is 0 Å². The predicted molar refractivity (Wildman–Crippen MR) is 149 cm³/mol. The van der Waals surface area contributed by atoms with E-state index < -0.39 is 59.7 Å². The number of amides is 3. The molecule has 1 rings (SSSR count). The molecule has 0 saturated carbocycles. The summed E-state index contributed by atoms with van der Waals surface area (Å²) in [5.74, 6) is -5.19. The van der Waals surface area contributed by atoms with Gasteiger partial charge in [0, 0.05) is 19.4 Å². The van der Waals surface area contributed by atoms with E-state index >= 15 is 0 Å². The minimum atomic E-state index is -1.30. The van der Waals surface area contributed by atoms with Gasteiger partial charge in [0.2, 0.25) is 17.7 Å². The van der Waals surface area contributed by atoms with Crippen LogP contribution in [0, 0.1) is 5.92 Å². The van der Waals surface area contributed by atoms with Crippen LogP contribution >= 0.6 is 0 Å². The number of aliphatic imine (C=N–C) groups is 1. The Kier molecular flexibility index (Phi) is 14.6. The number of nitrogens with one attached hydrogen (secondary N) is 3. The second kappa shape index (κ2) is 17.3. The van der Waals surface area contributed by atoms with Crippen molar-refractivity contribution in [3.8, 4) is 5.75 Å². The average molecular weight is 580 g/mol. The number of aliphatic carboxylic acids is 2. The molecule has 1 aromatic carbocycles. The maximum absolute atomic E-state index is 13.4. The van der Waals surface area contributed by atoms with Crippen molar-refractivity contribution in [1.82, 2.24) is 16.0 Å². The van der Waals surface area contributed by atoms with Gasteiger partial charge < -0.3 is 48.5 Å². The van der Waals surface area contributed by atoms with Crippen molar-refractivity contribution in [1.29, 1.82) is 0 Å². The SMILES string of the molecule is CC[C@H](C)[C@H](NC(=O)[C@@H](N)CCC(=O)O)C(=O)N[C@@H](Cc1ccc(O)cc1)C(=O)N[C@@H](CCCN=C(N)N)C(=O)O. The minimum absolute atomic E-state index is 0.00992. The molecule has 0 radical (unpaired) electrons. The molecule has 0 fully saturated rings. The number of benzene rings is 1. The van der Waals surface area contributed by atoms with Gasteiger partial charge in [0.25, 0.3) is 0 Å². The Balaban J connectivity index is 3.14. The number of carboxylic acids is 2. The molecule has 0 spiro atoms. The van der Waals surface area contributed by atoms with Crippen molar-refractivity contribution in [2.45, 2.75) is 76.5 Å². The standard InChI is InChI=1S/C26H41N7O8/c1-3-14(2)21(33-22(37)17(27)10-11-20(35)36)24(39)32-19(13-15-6-8-16(34)9-7-15)23(38)31-18(25(40)41)5-4-12-30-26(28)29/h6-9,14,17-19,21,34H,3-5,10-13,27H2,1-2H3,(H,31,38)(H,32,39)(H,33,37)(H,35,36)(H,40,41)(H4,28,29,30)/t14-,17-,18-,19-,21-/m0/s1. The highest BCUT2D eigenvalue weighted by atomic mass is 16.4. The van der Waals surface area contributed by atoms with Crippen LogP contribution < -0.4 is 33.2 Å². The number of carboxylic acid groups (broad SMARTS) is 2. The Labute approximate surface area is 237 Å². The first kappa shape index (κ1) is 34.6. The molecule has 1 aromatic rings. The first-order chi connectivity index (χ1) is 19.2. The molecule has 228 valence electrons. The summed E-state index contributed by atoms with van der Waals surface area (Å²) in [6.07, 6.45) is 0.208. The number of hydrogen-bond acceptors (Lipinski definition) is 8. The lowest BCUT2D eigenvalue weighted by Gasteiger charge is -2.28. The summed E-state index contributed by atoms with van der Waals surface area (Å²) in [6.45, 7) is 3.65. The van der Waals surface area contributed by atoms with Crippen molar-refractivity contribution in [3.05, 3.63) is 29.8 Å². The van der Waals surface area contributed by atoms with Gasteiger partial charge in [-0.05, 0) is 42.9 Å². The van der Waals surface area contributed by atoms with Crippen LogP contribution in [-0.2, 0) is 30.4 Å². The van der Waals surface area contributed by atoms with E-state index in [-0.39, 0.29) is 50.4 Å². The number of phenolic OH excluding ortho intramolecular Hbond substituents is 1. The molecule has 3 amide bonds. The van der Waals surface area contributed by atoms with E-state index in [9.17, 15) is 34.2 Å². The fraction of sp³-hybridized carbons (Fsp3) is 0.538. The Morgan fingerprint density at radius 2 is 1.51 bits per heavy atom. The highest BCUT2D eigenvalue weighted by molar-refractivity contribution is 5.94. The molecule has 0 aliphatic rings. The number of rotatable bonds is 18. The molecular weight excluding hydrogens is 538 g/mol. The van der Waals surface area contributed by atoms with Gasteiger partial charge in [-0.2, -0.15) is 0 Å². The monoisotopic (exact) mass is 579 g/mol. The largest absolute Gasteiger partial charge is 0.508 e. The lowest BCUT2D eigenvalue weighted by Crippen LogP contribution is -2.59. The Morgan fingerprint density at radius 3 is 2.05 bits per heavy atom. The molecule has 5 atom stereocenters. The van der Waals surface area contributed by atoms with E-state index in [2.05, 4.69) is 20.9 Å². The third-order valence-corrected chi connectivity index (χ3v) is 6.37. The van der Waals surface area contributed by atoms with Crippen LogP contribution in [0.25, 0.3) is 0 Å². The van der Waals surface area contributed by atoms with Crippen LogP contribution in [0.1, 0.15) is 51.5 Å². The van der Waals surface area contributed by atoms with Crippen molar-refractivity contribution in [2.75, 3.05) is 6.54 Å². The van der Waals surface area contributed by atoms with Gasteiger partial charge in [-0.25, -0.2) is 4.79 Å². The van der Waals surface area contributed by atoms with Crippen molar-refractivity contribution < 1.29 is 39.3 Å². The molecule has 0 saturated heterocycles. The first-order valence-corrected chi connectivity index (χ1v) is 13.2. The minimum Gasteiger partial charge on any atom is -0.508 e. The van der Waals surface area contributed by atoms with E-state index in [0.29, 0.717) is 12.0 Å². The molecule has 15 heteroatoms. The molecule has 0 unspecified atom stereocenters. The molecule has 0 aromatic heterocycles. The number of phenols is 1. The van der Waals surface area contributed by atoms with Crippen LogP contribution in [0.2, 0.25) is 0 Å². The number of guanidine groups is 1. The van der Waals surface area contributed by atoms with E-state index in [0.717, 1.165) is 0 Å². The van der Waals surface area contributed by atoms with Gasteiger partial charge in [-0.15, -0.1) is 0 Å². The summed E-state index contributed by atoms with van der Waals surface area (Å²) < 4.78 is 0. The fourth-order valence-corrected chi connectivity index (χ4v) is 3.74. The Morgan fingerprint density at radius 1 is 0.902 bits per heavy atom. The summed E-state index contributed by atoms with van der Waals surface area (Å²) in [5, 5.41) is 35.7. The van der Waals surface area contributed by atoms with Gasteiger partial charge in [0.05, 0.1) is 6.04 Å².